The molecule has 8 nitrogen and oxygen atoms in total. The van der Waals surface area contributed by atoms with Gasteiger partial charge in [0.1, 0.15) is 24.2 Å². The van der Waals surface area contributed by atoms with Gasteiger partial charge in [-0.15, -0.1) is 0 Å². The number of benzene rings is 1. The van der Waals surface area contributed by atoms with Crippen molar-refractivity contribution in [3.05, 3.63) is 36.2 Å². The average Bonchev–Trinajstić information content (AvgIpc) is 3.13. The first-order valence-electron chi connectivity index (χ1n) is 7.06. The molecule has 1 aliphatic rings. The van der Waals surface area contributed by atoms with Gasteiger partial charge in [0.2, 0.25) is 5.91 Å². The van der Waals surface area contributed by atoms with E-state index in [2.05, 4.69) is 10.1 Å². The molecule has 1 fully saturated rings. The lowest BCUT2D eigenvalue weighted by atomic mass is 10.1. The lowest BCUT2D eigenvalue weighted by Gasteiger charge is -2.19. The summed E-state index contributed by atoms with van der Waals surface area (Å²) < 4.78 is 15.0. The largest absolute Gasteiger partial charge is 0.507 e. The van der Waals surface area contributed by atoms with Gasteiger partial charge in [0.25, 0.3) is 0 Å². The number of aliphatic hydroxyl groups excluding tert-OH is 1. The van der Waals surface area contributed by atoms with E-state index in [-0.39, 0.29) is 37.9 Å². The van der Waals surface area contributed by atoms with E-state index in [9.17, 15) is 14.3 Å². The van der Waals surface area contributed by atoms with E-state index in [1.807, 2.05) is 0 Å². The number of amides is 1. The van der Waals surface area contributed by atoms with Crippen molar-refractivity contribution < 1.29 is 19.4 Å². The Balaban J connectivity index is 1.87. The lowest BCUT2D eigenvalue weighted by molar-refractivity contribution is -0.127. The summed E-state index contributed by atoms with van der Waals surface area (Å²) in [4.78, 5) is 19.0. The molecular weight excluding hydrogens is 305 g/mol. The van der Waals surface area contributed by atoms with E-state index in [4.69, 9.17) is 5.11 Å². The maximum absolute atomic E-state index is 13.6. The molecule has 122 valence electrons. The molecule has 0 atom stereocenters. The summed E-state index contributed by atoms with van der Waals surface area (Å²) in [6.45, 7) is 0.918. The van der Waals surface area contributed by atoms with Gasteiger partial charge in [-0.3, -0.25) is 9.69 Å². The summed E-state index contributed by atoms with van der Waals surface area (Å²) in [5.41, 5.74) is 0.823. The van der Waals surface area contributed by atoms with E-state index in [1.165, 1.54) is 28.3 Å². The molecular formula is C14H16FN5O3. The normalized spacial score (nSPS) is 15.6. The molecule has 0 radical (unpaired) electrons. The maximum Gasteiger partial charge on any atom is 0.237 e. The van der Waals surface area contributed by atoms with E-state index in [0.29, 0.717) is 17.9 Å². The zero-order valence-corrected chi connectivity index (χ0v) is 12.3. The highest BCUT2D eigenvalue weighted by Crippen LogP contribution is 2.28. The van der Waals surface area contributed by atoms with Gasteiger partial charge >= 0.3 is 0 Å². The molecule has 1 aromatic carbocycles. The van der Waals surface area contributed by atoms with Crippen LogP contribution in [0.2, 0.25) is 0 Å². The predicted molar refractivity (Wildman–Crippen MR) is 77.1 cm³/mol. The topological polar surface area (TPSA) is 94.7 Å². The standard InChI is InChI=1S/C14H16FN5O3/c15-10-3-12(20-8-16-7-17-20)11(13(22)4-10)5-18-6-14(23)19(9-18)1-2-21/h3-4,7-8,21-22H,1-2,5-6,9H2. The number of carbonyl (C=O) groups excluding carboxylic acids is 1. The van der Waals surface area contributed by atoms with Gasteiger partial charge in [0.05, 0.1) is 25.5 Å². The first-order chi connectivity index (χ1) is 11.1. The fourth-order valence-electron chi connectivity index (χ4n) is 2.61. The summed E-state index contributed by atoms with van der Waals surface area (Å²) >= 11 is 0. The molecule has 2 N–H and O–H groups in total. The van der Waals surface area contributed by atoms with Gasteiger partial charge in [0.15, 0.2) is 0 Å². The molecule has 1 aliphatic heterocycles. The van der Waals surface area contributed by atoms with Crippen LogP contribution < -0.4 is 0 Å². The van der Waals surface area contributed by atoms with Crippen LogP contribution in [0.4, 0.5) is 4.39 Å². The molecule has 2 heterocycles. The fourth-order valence-corrected chi connectivity index (χ4v) is 2.61. The first kappa shape index (κ1) is 15.4. The molecule has 23 heavy (non-hydrogen) atoms. The number of phenols is 1. The van der Waals surface area contributed by atoms with Crippen LogP contribution in [0.5, 0.6) is 5.75 Å². The van der Waals surface area contributed by atoms with Crippen LogP contribution in [0, 0.1) is 5.82 Å². The highest BCUT2D eigenvalue weighted by atomic mass is 19.1. The summed E-state index contributed by atoms with van der Waals surface area (Å²) in [5.74, 6) is -0.886. The minimum Gasteiger partial charge on any atom is -0.507 e. The third kappa shape index (κ3) is 3.15. The van der Waals surface area contributed by atoms with Crippen molar-refractivity contribution in [3.63, 3.8) is 0 Å². The number of rotatable bonds is 5. The highest BCUT2D eigenvalue weighted by Gasteiger charge is 2.28. The molecule has 0 saturated carbocycles. The van der Waals surface area contributed by atoms with Crippen molar-refractivity contribution in [1.29, 1.82) is 0 Å². The van der Waals surface area contributed by atoms with Crippen molar-refractivity contribution in [2.75, 3.05) is 26.4 Å². The number of aromatic nitrogens is 3. The quantitative estimate of drug-likeness (QED) is 0.786. The maximum atomic E-state index is 13.6. The van der Waals surface area contributed by atoms with Gasteiger partial charge in [-0.25, -0.2) is 14.1 Å². The second kappa shape index (κ2) is 6.31. The number of phenolic OH excluding ortho intramolecular Hbond substituents is 1. The van der Waals surface area contributed by atoms with Crippen LogP contribution in [-0.2, 0) is 11.3 Å². The van der Waals surface area contributed by atoms with Crippen LogP contribution in [0.25, 0.3) is 5.69 Å². The van der Waals surface area contributed by atoms with Gasteiger partial charge in [0, 0.05) is 30.8 Å². The number of hydrogen-bond acceptors (Lipinski definition) is 6. The van der Waals surface area contributed by atoms with Crippen LogP contribution in [0.1, 0.15) is 5.56 Å². The van der Waals surface area contributed by atoms with Crippen molar-refractivity contribution in [1.82, 2.24) is 24.6 Å². The SMILES string of the molecule is O=C1CN(Cc2c(O)cc(F)cc2-n2cncn2)CN1CCO. The van der Waals surface area contributed by atoms with Gasteiger partial charge in [-0.2, -0.15) is 5.10 Å². The van der Waals surface area contributed by atoms with Crippen molar-refractivity contribution in [2.24, 2.45) is 0 Å². The number of carbonyl (C=O) groups is 1. The zero-order valence-electron chi connectivity index (χ0n) is 12.3. The van der Waals surface area contributed by atoms with Crippen LogP contribution in [0.3, 0.4) is 0 Å². The van der Waals surface area contributed by atoms with Crippen molar-refractivity contribution in [2.45, 2.75) is 6.54 Å². The summed E-state index contributed by atoms with van der Waals surface area (Å²) in [5, 5.41) is 23.0. The first-order valence-corrected chi connectivity index (χ1v) is 7.06. The average molecular weight is 321 g/mol. The van der Waals surface area contributed by atoms with Gasteiger partial charge in [-0.05, 0) is 0 Å². The lowest BCUT2D eigenvalue weighted by Crippen LogP contribution is -2.30. The highest BCUT2D eigenvalue weighted by molar-refractivity contribution is 5.80. The molecule has 0 unspecified atom stereocenters. The number of nitrogens with zero attached hydrogens (tertiary/aromatic N) is 5. The van der Waals surface area contributed by atoms with Crippen molar-refractivity contribution in [3.8, 4) is 11.4 Å². The monoisotopic (exact) mass is 321 g/mol. The summed E-state index contributed by atoms with van der Waals surface area (Å²) in [7, 11) is 0. The van der Waals surface area contributed by atoms with E-state index in [1.54, 1.807) is 4.90 Å². The Labute approximate surface area is 131 Å². The number of aliphatic hydroxyl groups is 1. The summed E-state index contributed by atoms with van der Waals surface area (Å²) in [6, 6.07) is 2.28. The molecule has 9 heteroatoms. The fraction of sp³-hybridized carbons (Fsp3) is 0.357. The Bertz CT molecular complexity index is 707. The number of halogens is 1. The minimum absolute atomic E-state index is 0.0945. The Morgan fingerprint density at radius 1 is 1.35 bits per heavy atom. The number of hydrogen-bond donors (Lipinski definition) is 2. The predicted octanol–water partition coefficient (Wildman–Crippen LogP) is -0.294. The Morgan fingerprint density at radius 2 is 2.17 bits per heavy atom. The molecule has 0 spiro atoms. The zero-order chi connectivity index (χ0) is 16.4. The van der Waals surface area contributed by atoms with E-state index >= 15 is 0 Å². The molecule has 1 saturated heterocycles. The Morgan fingerprint density at radius 3 is 2.87 bits per heavy atom. The van der Waals surface area contributed by atoms with Crippen molar-refractivity contribution >= 4 is 5.91 Å². The number of aromatic hydroxyl groups is 1. The molecule has 3 rings (SSSR count). The van der Waals surface area contributed by atoms with Gasteiger partial charge in [-0.1, -0.05) is 0 Å². The second-order valence-corrected chi connectivity index (χ2v) is 5.27. The third-order valence-electron chi connectivity index (χ3n) is 3.67. The number of β-amino-alcohol motifs (C(OH)–C–C–N with tert-alkyl or cyclic N) is 1. The van der Waals surface area contributed by atoms with Crippen LogP contribution >= 0.6 is 0 Å². The van der Waals surface area contributed by atoms with E-state index < -0.39 is 5.82 Å². The smallest absolute Gasteiger partial charge is 0.237 e. The molecule has 2 aromatic rings. The van der Waals surface area contributed by atoms with Crippen LogP contribution in [-0.4, -0.2) is 67.0 Å². The van der Waals surface area contributed by atoms with E-state index in [0.717, 1.165) is 6.07 Å². The van der Waals surface area contributed by atoms with Gasteiger partial charge < -0.3 is 15.1 Å². The molecule has 1 aromatic heterocycles. The second-order valence-electron chi connectivity index (χ2n) is 5.27. The third-order valence-corrected chi connectivity index (χ3v) is 3.67. The minimum atomic E-state index is -0.587. The molecule has 0 aliphatic carbocycles. The molecule has 0 bridgehead atoms. The molecule has 1 amide bonds. The Hall–Kier alpha value is -2.52. The Kier molecular flexibility index (Phi) is 4.22. The van der Waals surface area contributed by atoms with Crippen LogP contribution in [0.15, 0.2) is 24.8 Å². The summed E-state index contributed by atoms with van der Waals surface area (Å²) in [6.07, 6.45) is 2.72.